The fourth-order valence-electron chi connectivity index (χ4n) is 3.12. The van der Waals surface area contributed by atoms with Gasteiger partial charge in [0.05, 0.1) is 18.5 Å². The molecule has 1 heterocycles. The van der Waals surface area contributed by atoms with Crippen LogP contribution >= 0.6 is 0 Å². The van der Waals surface area contributed by atoms with Crippen molar-refractivity contribution in [1.82, 2.24) is 9.97 Å². The van der Waals surface area contributed by atoms with Crippen molar-refractivity contribution < 1.29 is 4.74 Å². The Kier molecular flexibility index (Phi) is 5.33. The molecule has 0 aliphatic rings. The Labute approximate surface area is 167 Å². The van der Waals surface area contributed by atoms with E-state index in [2.05, 4.69) is 20.5 Å². The third-order valence-electron chi connectivity index (χ3n) is 4.41. The van der Waals surface area contributed by atoms with Gasteiger partial charge in [-0.1, -0.05) is 60.7 Å². The van der Waals surface area contributed by atoms with Gasteiger partial charge in [0, 0.05) is 17.2 Å². The van der Waals surface area contributed by atoms with Crippen molar-refractivity contribution in [2.75, 3.05) is 12.0 Å². The number of nitrogens with one attached hydrogen (secondary N) is 2. The lowest BCUT2D eigenvalue weighted by atomic mass is 10.0. The minimum atomic E-state index is -0.253. The van der Waals surface area contributed by atoms with Crippen molar-refractivity contribution in [2.45, 2.75) is 6.92 Å². The van der Waals surface area contributed by atoms with E-state index in [1.807, 2.05) is 73.7 Å². The number of nitrogens with zero attached hydrogens (tertiary/aromatic N) is 2. The number of hydrazone groups is 1. The molecule has 0 fully saturated rings. The molecule has 2 N–H and O–H groups in total. The molecule has 0 aliphatic heterocycles. The Balaban J connectivity index is 1.65. The second kappa shape index (κ2) is 8.39. The first-order chi connectivity index (χ1) is 14.2. The summed E-state index contributed by atoms with van der Waals surface area (Å²) in [6.07, 6.45) is 1.68. The lowest BCUT2D eigenvalue weighted by Crippen LogP contribution is -2.10. The summed E-state index contributed by atoms with van der Waals surface area (Å²) in [6, 6.07) is 23.0. The Morgan fingerprint density at radius 3 is 2.69 bits per heavy atom. The number of benzene rings is 3. The molecule has 0 saturated heterocycles. The molecule has 0 radical (unpaired) electrons. The van der Waals surface area contributed by atoms with Crippen LogP contribution in [-0.2, 0) is 0 Å². The van der Waals surface area contributed by atoms with E-state index >= 15 is 0 Å². The second-order valence-corrected chi connectivity index (χ2v) is 6.35. The van der Waals surface area contributed by atoms with Crippen molar-refractivity contribution in [3.63, 3.8) is 0 Å². The zero-order chi connectivity index (χ0) is 20.1. The first kappa shape index (κ1) is 18.4. The summed E-state index contributed by atoms with van der Waals surface area (Å²) in [5.41, 5.74) is 4.87. The molecule has 4 rings (SSSR count). The number of aromatic amines is 1. The quantitative estimate of drug-likeness (QED) is 0.381. The molecule has 0 atom stereocenters. The summed E-state index contributed by atoms with van der Waals surface area (Å²) in [6.45, 7) is 2.50. The fraction of sp³-hybridized carbons (Fsp3) is 0.0870. The standard InChI is InChI=1S/C23H20N4O2/c1-2-29-21-13-12-16-8-6-7-11-18(16)19(21)15-24-27-23-25-20(14-22(28)26-23)17-9-4-3-5-10-17/h3-15H,2H2,1H3,(H2,25,26,27,28)/b24-15+. The van der Waals surface area contributed by atoms with Crippen LogP contribution < -0.4 is 15.7 Å². The Morgan fingerprint density at radius 2 is 1.86 bits per heavy atom. The molecule has 144 valence electrons. The van der Waals surface area contributed by atoms with Crippen LogP contribution in [0.4, 0.5) is 5.95 Å². The fourth-order valence-corrected chi connectivity index (χ4v) is 3.12. The number of aromatic nitrogens is 2. The third-order valence-corrected chi connectivity index (χ3v) is 4.41. The van der Waals surface area contributed by atoms with E-state index in [-0.39, 0.29) is 11.5 Å². The number of H-pyrrole nitrogens is 1. The number of ether oxygens (including phenoxy) is 1. The highest BCUT2D eigenvalue weighted by molar-refractivity contribution is 6.02. The van der Waals surface area contributed by atoms with E-state index in [4.69, 9.17) is 4.74 Å². The molecule has 0 bridgehead atoms. The maximum Gasteiger partial charge on any atom is 0.252 e. The van der Waals surface area contributed by atoms with Crippen LogP contribution in [0.15, 0.2) is 82.7 Å². The summed E-state index contributed by atoms with van der Waals surface area (Å²) >= 11 is 0. The molecule has 0 saturated carbocycles. The van der Waals surface area contributed by atoms with Crippen LogP contribution in [-0.4, -0.2) is 22.8 Å². The topological polar surface area (TPSA) is 79.4 Å². The second-order valence-electron chi connectivity index (χ2n) is 6.35. The van der Waals surface area contributed by atoms with Crippen molar-refractivity contribution in [1.29, 1.82) is 0 Å². The highest BCUT2D eigenvalue weighted by atomic mass is 16.5. The van der Waals surface area contributed by atoms with Crippen LogP contribution in [0, 0.1) is 0 Å². The van der Waals surface area contributed by atoms with Gasteiger partial charge in [-0.3, -0.25) is 9.78 Å². The van der Waals surface area contributed by atoms with Crippen LogP contribution in [0.1, 0.15) is 12.5 Å². The summed E-state index contributed by atoms with van der Waals surface area (Å²) in [5.74, 6) is 1.02. The molecule has 0 unspecified atom stereocenters. The van der Waals surface area contributed by atoms with Crippen molar-refractivity contribution in [3.05, 3.63) is 88.7 Å². The molecule has 0 aliphatic carbocycles. The van der Waals surface area contributed by atoms with Crippen molar-refractivity contribution in [2.24, 2.45) is 5.10 Å². The monoisotopic (exact) mass is 384 g/mol. The largest absolute Gasteiger partial charge is 0.493 e. The van der Waals surface area contributed by atoms with Gasteiger partial charge in [0.25, 0.3) is 5.56 Å². The molecule has 29 heavy (non-hydrogen) atoms. The number of rotatable bonds is 6. The summed E-state index contributed by atoms with van der Waals surface area (Å²) in [5, 5.41) is 6.42. The van der Waals surface area contributed by atoms with E-state index in [0.29, 0.717) is 12.3 Å². The summed E-state index contributed by atoms with van der Waals surface area (Å²) < 4.78 is 5.75. The number of anilines is 1. The number of hydrogen-bond acceptors (Lipinski definition) is 5. The van der Waals surface area contributed by atoms with Crippen LogP contribution in [0.25, 0.3) is 22.0 Å². The van der Waals surface area contributed by atoms with Gasteiger partial charge in [-0.25, -0.2) is 10.4 Å². The van der Waals surface area contributed by atoms with Gasteiger partial charge in [0.2, 0.25) is 5.95 Å². The average molecular weight is 384 g/mol. The van der Waals surface area contributed by atoms with Gasteiger partial charge >= 0.3 is 0 Å². The minimum absolute atomic E-state index is 0.253. The van der Waals surface area contributed by atoms with Gasteiger partial charge in [0.15, 0.2) is 0 Å². The summed E-state index contributed by atoms with van der Waals surface area (Å²) in [7, 11) is 0. The normalized spacial score (nSPS) is 11.1. The molecule has 0 amide bonds. The maximum absolute atomic E-state index is 12.0. The van der Waals surface area contributed by atoms with Crippen LogP contribution in [0.5, 0.6) is 5.75 Å². The van der Waals surface area contributed by atoms with Crippen LogP contribution in [0.2, 0.25) is 0 Å². The molecular formula is C23H20N4O2. The van der Waals surface area contributed by atoms with Gasteiger partial charge in [-0.05, 0) is 23.8 Å². The smallest absolute Gasteiger partial charge is 0.252 e. The number of fused-ring (bicyclic) bond motifs is 1. The van der Waals surface area contributed by atoms with E-state index in [1.165, 1.54) is 6.07 Å². The van der Waals surface area contributed by atoms with Gasteiger partial charge in [0.1, 0.15) is 5.75 Å². The zero-order valence-electron chi connectivity index (χ0n) is 15.9. The van der Waals surface area contributed by atoms with Gasteiger partial charge in [-0.2, -0.15) is 5.10 Å². The molecule has 4 aromatic rings. The molecular weight excluding hydrogens is 364 g/mol. The first-order valence-electron chi connectivity index (χ1n) is 9.35. The third kappa shape index (κ3) is 4.16. The zero-order valence-corrected chi connectivity index (χ0v) is 15.9. The van der Waals surface area contributed by atoms with Gasteiger partial charge in [-0.15, -0.1) is 0 Å². The number of hydrogen-bond donors (Lipinski definition) is 2. The molecule has 0 spiro atoms. The SMILES string of the molecule is CCOc1ccc2ccccc2c1/C=N/Nc1nc(-c2ccccc2)cc(=O)[nH]1. The van der Waals surface area contributed by atoms with Gasteiger partial charge < -0.3 is 4.74 Å². The average Bonchev–Trinajstić information content (AvgIpc) is 2.75. The predicted octanol–water partition coefficient (Wildman–Crippen LogP) is 4.43. The maximum atomic E-state index is 12.0. The molecule has 6 heteroatoms. The van der Waals surface area contributed by atoms with E-state index in [0.717, 1.165) is 27.6 Å². The lowest BCUT2D eigenvalue weighted by molar-refractivity contribution is 0.340. The molecule has 6 nitrogen and oxygen atoms in total. The molecule has 3 aromatic carbocycles. The van der Waals surface area contributed by atoms with E-state index in [1.54, 1.807) is 6.21 Å². The van der Waals surface area contributed by atoms with Crippen molar-refractivity contribution >= 4 is 22.9 Å². The summed E-state index contributed by atoms with van der Waals surface area (Å²) in [4.78, 5) is 19.1. The Morgan fingerprint density at radius 1 is 1.07 bits per heavy atom. The van der Waals surface area contributed by atoms with Crippen molar-refractivity contribution in [3.8, 4) is 17.0 Å². The predicted molar refractivity (Wildman–Crippen MR) is 117 cm³/mol. The Hall–Kier alpha value is -3.93. The first-order valence-corrected chi connectivity index (χ1v) is 9.35. The van der Waals surface area contributed by atoms with Crippen LogP contribution in [0.3, 0.4) is 0 Å². The highest BCUT2D eigenvalue weighted by Gasteiger charge is 2.07. The lowest BCUT2D eigenvalue weighted by Gasteiger charge is -2.10. The molecule has 1 aromatic heterocycles. The van der Waals surface area contributed by atoms with E-state index in [9.17, 15) is 4.79 Å². The Bertz CT molecular complexity index is 1220. The minimum Gasteiger partial charge on any atom is -0.493 e. The van der Waals surface area contributed by atoms with E-state index < -0.39 is 0 Å². The highest BCUT2D eigenvalue weighted by Crippen LogP contribution is 2.26.